The maximum atomic E-state index is 4.94. The lowest BCUT2D eigenvalue weighted by Gasteiger charge is -1.80. The minimum atomic E-state index is 1.00. The Morgan fingerprint density at radius 2 is 1.93 bits per heavy atom. The largest absolute Gasteiger partial charge is 0.381 e. The summed E-state index contributed by atoms with van der Waals surface area (Å²) in [5.74, 6) is 0. The molecule has 1 fully saturated rings. The molecule has 0 spiro atoms. The standard InChI is InChI=1S/C7H5NS.C4H8O/c1-2-4-7-6(3-1)8-5-9-7;1-2-4-5-3-1/h1-5H;1-4H2. The topological polar surface area (TPSA) is 22.1 Å². The highest BCUT2D eigenvalue weighted by Crippen LogP contribution is 2.15. The first kappa shape index (κ1) is 9.62. The Kier molecular flexibility index (Phi) is 3.49. The number of nitrogens with zero attached hydrogens (tertiary/aromatic N) is 1. The van der Waals surface area contributed by atoms with E-state index in [1.807, 2.05) is 23.7 Å². The van der Waals surface area contributed by atoms with Crippen molar-refractivity contribution >= 4 is 21.6 Å². The first-order valence-electron chi connectivity index (χ1n) is 4.83. The second-order valence-electron chi connectivity index (χ2n) is 3.14. The minimum Gasteiger partial charge on any atom is -0.381 e. The van der Waals surface area contributed by atoms with Crippen molar-refractivity contribution in [3.63, 3.8) is 0 Å². The van der Waals surface area contributed by atoms with E-state index in [9.17, 15) is 0 Å². The summed E-state index contributed by atoms with van der Waals surface area (Å²) in [6.07, 6.45) is 2.56. The van der Waals surface area contributed by atoms with E-state index < -0.39 is 0 Å². The zero-order chi connectivity index (χ0) is 9.64. The smallest absolute Gasteiger partial charge is 0.0812 e. The van der Waals surface area contributed by atoms with Gasteiger partial charge in [0.1, 0.15) is 0 Å². The molecule has 1 aliphatic heterocycles. The number of aromatic nitrogens is 1. The summed E-state index contributed by atoms with van der Waals surface area (Å²) >= 11 is 1.68. The normalized spacial score (nSPS) is 15.1. The predicted octanol–water partition coefficient (Wildman–Crippen LogP) is 3.09. The van der Waals surface area contributed by atoms with Crippen molar-refractivity contribution in [3.8, 4) is 0 Å². The van der Waals surface area contributed by atoms with Crippen LogP contribution in [0.2, 0.25) is 0 Å². The maximum Gasteiger partial charge on any atom is 0.0812 e. The molecular formula is C11H13NOS. The molecular weight excluding hydrogens is 194 g/mol. The van der Waals surface area contributed by atoms with Gasteiger partial charge in [0, 0.05) is 13.2 Å². The summed E-state index contributed by atoms with van der Waals surface area (Å²) in [6.45, 7) is 2.00. The Bertz CT molecular complexity index is 344. The van der Waals surface area contributed by atoms with Crippen LogP contribution in [0.5, 0.6) is 0 Å². The molecule has 1 aromatic heterocycles. The summed E-state index contributed by atoms with van der Waals surface area (Å²) < 4.78 is 6.21. The summed E-state index contributed by atoms with van der Waals surface area (Å²) in [7, 11) is 0. The number of fused-ring (bicyclic) bond motifs is 1. The van der Waals surface area contributed by atoms with Gasteiger partial charge in [0.25, 0.3) is 0 Å². The molecule has 3 rings (SSSR count). The van der Waals surface area contributed by atoms with Crippen LogP contribution >= 0.6 is 11.3 Å². The molecule has 0 aliphatic carbocycles. The summed E-state index contributed by atoms with van der Waals surface area (Å²) in [4.78, 5) is 4.14. The average molecular weight is 207 g/mol. The molecule has 1 aromatic carbocycles. The zero-order valence-electron chi connectivity index (χ0n) is 7.98. The molecule has 0 atom stereocenters. The van der Waals surface area contributed by atoms with Gasteiger partial charge < -0.3 is 4.74 Å². The Morgan fingerprint density at radius 1 is 1.14 bits per heavy atom. The molecule has 2 heterocycles. The van der Waals surface area contributed by atoms with E-state index in [4.69, 9.17) is 4.74 Å². The molecule has 0 unspecified atom stereocenters. The molecule has 0 saturated carbocycles. The van der Waals surface area contributed by atoms with E-state index in [0.717, 1.165) is 18.7 Å². The molecule has 1 aliphatic rings. The number of hydrogen-bond acceptors (Lipinski definition) is 3. The van der Waals surface area contributed by atoms with Crippen LogP contribution in [0.4, 0.5) is 0 Å². The van der Waals surface area contributed by atoms with Gasteiger partial charge in [0.05, 0.1) is 15.7 Å². The Morgan fingerprint density at radius 3 is 2.57 bits per heavy atom. The number of ether oxygens (including phenoxy) is 1. The molecule has 1 saturated heterocycles. The molecule has 74 valence electrons. The van der Waals surface area contributed by atoms with Crippen molar-refractivity contribution in [1.82, 2.24) is 4.98 Å². The van der Waals surface area contributed by atoms with Crippen molar-refractivity contribution in [2.45, 2.75) is 12.8 Å². The highest BCUT2D eigenvalue weighted by Gasteiger charge is 1.94. The lowest BCUT2D eigenvalue weighted by Crippen LogP contribution is -1.74. The van der Waals surface area contributed by atoms with Gasteiger partial charge in [0.15, 0.2) is 0 Å². The third kappa shape index (κ3) is 2.53. The highest BCUT2D eigenvalue weighted by molar-refractivity contribution is 7.16. The van der Waals surface area contributed by atoms with Crippen LogP contribution in [0.3, 0.4) is 0 Å². The Labute approximate surface area is 87.5 Å². The fourth-order valence-electron chi connectivity index (χ4n) is 1.31. The van der Waals surface area contributed by atoms with Gasteiger partial charge in [-0.2, -0.15) is 0 Å². The van der Waals surface area contributed by atoms with Crippen molar-refractivity contribution < 1.29 is 4.74 Å². The van der Waals surface area contributed by atoms with E-state index in [1.165, 1.54) is 17.5 Å². The molecule has 0 bridgehead atoms. The van der Waals surface area contributed by atoms with Crippen LogP contribution in [-0.4, -0.2) is 18.2 Å². The molecule has 14 heavy (non-hydrogen) atoms. The van der Waals surface area contributed by atoms with E-state index in [2.05, 4.69) is 11.1 Å². The van der Waals surface area contributed by atoms with Gasteiger partial charge in [-0.15, -0.1) is 11.3 Å². The van der Waals surface area contributed by atoms with Crippen LogP contribution in [0.15, 0.2) is 29.8 Å². The van der Waals surface area contributed by atoms with Crippen LogP contribution < -0.4 is 0 Å². The minimum absolute atomic E-state index is 1.00. The van der Waals surface area contributed by atoms with Crippen LogP contribution in [0.25, 0.3) is 10.2 Å². The van der Waals surface area contributed by atoms with Gasteiger partial charge in [0.2, 0.25) is 0 Å². The zero-order valence-corrected chi connectivity index (χ0v) is 8.80. The van der Waals surface area contributed by atoms with Crippen molar-refractivity contribution in [2.75, 3.05) is 13.2 Å². The molecule has 2 aromatic rings. The second-order valence-corrected chi connectivity index (χ2v) is 4.03. The number of thiazole rings is 1. The number of benzene rings is 1. The predicted molar refractivity (Wildman–Crippen MR) is 59.7 cm³/mol. The molecule has 0 radical (unpaired) electrons. The van der Waals surface area contributed by atoms with Crippen LogP contribution in [-0.2, 0) is 4.74 Å². The molecule has 2 nitrogen and oxygen atoms in total. The van der Waals surface area contributed by atoms with E-state index in [-0.39, 0.29) is 0 Å². The quantitative estimate of drug-likeness (QED) is 0.662. The summed E-state index contributed by atoms with van der Waals surface area (Å²) in [6, 6.07) is 8.13. The second kappa shape index (κ2) is 5.08. The molecule has 0 amide bonds. The summed E-state index contributed by atoms with van der Waals surface area (Å²) in [5.41, 5.74) is 2.97. The third-order valence-corrected chi connectivity index (χ3v) is 2.87. The fraction of sp³-hybridized carbons (Fsp3) is 0.364. The van der Waals surface area contributed by atoms with Crippen molar-refractivity contribution in [1.29, 1.82) is 0 Å². The lowest BCUT2D eigenvalue weighted by molar-refractivity contribution is 0.198. The third-order valence-electron chi connectivity index (χ3n) is 2.06. The Balaban J connectivity index is 0.000000128. The number of rotatable bonds is 0. The maximum absolute atomic E-state index is 4.94. The van der Waals surface area contributed by atoms with E-state index in [0.29, 0.717) is 0 Å². The highest BCUT2D eigenvalue weighted by atomic mass is 32.1. The van der Waals surface area contributed by atoms with Gasteiger partial charge >= 0.3 is 0 Å². The van der Waals surface area contributed by atoms with Crippen LogP contribution in [0, 0.1) is 0 Å². The van der Waals surface area contributed by atoms with Crippen molar-refractivity contribution in [3.05, 3.63) is 29.8 Å². The van der Waals surface area contributed by atoms with Gasteiger partial charge in [-0.1, -0.05) is 12.1 Å². The number of hydrogen-bond donors (Lipinski definition) is 0. The first-order valence-corrected chi connectivity index (χ1v) is 5.71. The SMILES string of the molecule is C1CCOC1.c1ccc2scnc2c1. The fourth-order valence-corrected chi connectivity index (χ4v) is 1.99. The van der Waals surface area contributed by atoms with Crippen molar-refractivity contribution in [2.24, 2.45) is 0 Å². The van der Waals surface area contributed by atoms with E-state index >= 15 is 0 Å². The van der Waals surface area contributed by atoms with Gasteiger partial charge in [-0.3, -0.25) is 0 Å². The monoisotopic (exact) mass is 207 g/mol. The van der Waals surface area contributed by atoms with Gasteiger partial charge in [-0.25, -0.2) is 4.98 Å². The Hall–Kier alpha value is -0.930. The molecule has 0 N–H and O–H groups in total. The van der Waals surface area contributed by atoms with Crippen LogP contribution in [0.1, 0.15) is 12.8 Å². The molecule has 3 heteroatoms. The average Bonchev–Trinajstić information content (AvgIpc) is 2.92. The summed E-state index contributed by atoms with van der Waals surface area (Å²) in [5, 5.41) is 0. The number of para-hydroxylation sites is 1. The first-order chi connectivity index (χ1) is 6.97. The van der Waals surface area contributed by atoms with Gasteiger partial charge in [-0.05, 0) is 25.0 Å². The lowest BCUT2D eigenvalue weighted by atomic mass is 10.3. The van der Waals surface area contributed by atoms with E-state index in [1.54, 1.807) is 11.3 Å².